The highest BCUT2D eigenvalue weighted by molar-refractivity contribution is 5.89. The Balaban J connectivity index is 2.74. The summed E-state index contributed by atoms with van der Waals surface area (Å²) in [4.78, 5) is 27.8. The van der Waals surface area contributed by atoms with E-state index < -0.39 is 12.0 Å². The molecule has 0 saturated carbocycles. The highest BCUT2D eigenvalue weighted by Crippen LogP contribution is 2.04. The number of aliphatic carboxylic acids is 1. The molecule has 0 bridgehead atoms. The van der Waals surface area contributed by atoms with Gasteiger partial charge in [0, 0.05) is 6.54 Å². The molecule has 0 aliphatic rings. The first-order valence-corrected chi connectivity index (χ1v) is 5.89. The van der Waals surface area contributed by atoms with E-state index in [2.05, 4.69) is 20.5 Å². The van der Waals surface area contributed by atoms with Gasteiger partial charge in [0.1, 0.15) is 6.54 Å². The molecule has 2 amide bonds. The molecule has 0 radical (unpaired) electrons. The highest BCUT2D eigenvalue weighted by Gasteiger charge is 2.17. The van der Waals surface area contributed by atoms with Gasteiger partial charge in [0.15, 0.2) is 0 Å². The number of urea groups is 1. The maximum absolute atomic E-state index is 11.9. The lowest BCUT2D eigenvalue weighted by molar-refractivity contribution is -0.137. The Morgan fingerprint density at radius 3 is 2.47 bits per heavy atom. The van der Waals surface area contributed by atoms with Gasteiger partial charge in [0.05, 0.1) is 11.4 Å². The van der Waals surface area contributed by atoms with Crippen LogP contribution in [0.3, 0.4) is 0 Å². The molecule has 1 heterocycles. The van der Waals surface area contributed by atoms with Crippen LogP contribution >= 0.6 is 0 Å². The minimum atomic E-state index is -1.07. The lowest BCUT2D eigenvalue weighted by Gasteiger charge is -2.19. The molecule has 1 rings (SSSR count). The van der Waals surface area contributed by atoms with Crippen molar-refractivity contribution in [2.24, 2.45) is 0 Å². The maximum atomic E-state index is 11.9. The number of amides is 2. The van der Waals surface area contributed by atoms with E-state index in [0.717, 1.165) is 0 Å². The summed E-state index contributed by atoms with van der Waals surface area (Å²) in [5.74, 6) is -0.998. The van der Waals surface area contributed by atoms with Gasteiger partial charge in [-0.2, -0.15) is 5.10 Å². The van der Waals surface area contributed by atoms with Gasteiger partial charge >= 0.3 is 12.0 Å². The number of hydrogen-bond acceptors (Lipinski definition) is 5. The molecule has 0 saturated heterocycles. The number of carboxylic acids is 1. The van der Waals surface area contributed by atoms with Crippen LogP contribution in [-0.2, 0) is 4.79 Å². The number of nitrogens with one attached hydrogen (secondary N) is 1. The Hall–Kier alpha value is -2.25. The van der Waals surface area contributed by atoms with Crippen LogP contribution in [0.2, 0.25) is 0 Å². The molecule has 0 unspecified atom stereocenters. The molecular formula is C11H17N5O3. The minimum absolute atomic E-state index is 0.0691. The number of aryl methyl sites for hydroxylation is 2. The fourth-order valence-electron chi connectivity index (χ4n) is 1.37. The Labute approximate surface area is 110 Å². The summed E-state index contributed by atoms with van der Waals surface area (Å²) in [5.41, 5.74) is 1.33. The number of carbonyl (C=O) groups excluding carboxylic acids is 1. The van der Waals surface area contributed by atoms with Crippen LogP contribution in [-0.4, -0.2) is 50.3 Å². The maximum Gasteiger partial charge on any atom is 0.324 e. The first kappa shape index (κ1) is 14.8. The molecule has 0 spiro atoms. The molecule has 19 heavy (non-hydrogen) atoms. The second-order valence-electron chi connectivity index (χ2n) is 4.05. The van der Waals surface area contributed by atoms with Crippen LogP contribution < -0.4 is 5.32 Å². The molecule has 0 fully saturated rings. The van der Waals surface area contributed by atoms with Crippen molar-refractivity contribution in [3.63, 3.8) is 0 Å². The lowest BCUT2D eigenvalue weighted by Crippen LogP contribution is -2.39. The highest BCUT2D eigenvalue weighted by atomic mass is 16.4. The van der Waals surface area contributed by atoms with Crippen LogP contribution in [0.1, 0.15) is 24.7 Å². The third kappa shape index (κ3) is 4.49. The average Bonchev–Trinajstić information content (AvgIpc) is 2.33. The smallest absolute Gasteiger partial charge is 0.324 e. The van der Waals surface area contributed by atoms with Gasteiger partial charge in [-0.1, -0.05) is 6.92 Å². The molecule has 0 aliphatic heterocycles. The van der Waals surface area contributed by atoms with Crippen molar-refractivity contribution in [3.8, 4) is 0 Å². The number of nitrogens with zero attached hydrogens (tertiary/aromatic N) is 4. The van der Waals surface area contributed by atoms with E-state index in [0.29, 0.717) is 24.4 Å². The number of rotatable bonds is 5. The Kier molecular flexibility index (Phi) is 5.16. The van der Waals surface area contributed by atoms with Crippen LogP contribution in [0.4, 0.5) is 10.7 Å². The largest absolute Gasteiger partial charge is 0.480 e. The predicted octanol–water partition coefficient (Wildman–Crippen LogP) is 0.817. The van der Waals surface area contributed by atoms with Gasteiger partial charge in [-0.15, -0.1) is 5.10 Å². The number of anilines is 1. The normalized spacial score (nSPS) is 10.1. The molecule has 104 valence electrons. The molecular weight excluding hydrogens is 250 g/mol. The minimum Gasteiger partial charge on any atom is -0.480 e. The zero-order valence-electron chi connectivity index (χ0n) is 11.2. The fraction of sp³-hybridized carbons (Fsp3) is 0.545. The number of hydrogen-bond donors (Lipinski definition) is 2. The quantitative estimate of drug-likeness (QED) is 0.817. The SMILES string of the molecule is CCCN(CC(=O)O)C(=O)Nc1nnc(C)c(C)n1. The monoisotopic (exact) mass is 267 g/mol. The number of carboxylic acid groups (broad SMARTS) is 1. The topological polar surface area (TPSA) is 108 Å². The van der Waals surface area contributed by atoms with E-state index in [1.165, 1.54) is 4.90 Å². The standard InChI is InChI=1S/C11H17N5O3/c1-4-5-16(6-9(17)18)11(19)13-10-12-7(2)8(3)14-15-10/h4-6H2,1-3H3,(H,17,18)(H,12,13,15,19). The summed E-state index contributed by atoms with van der Waals surface area (Å²) in [6, 6.07) is -0.547. The summed E-state index contributed by atoms with van der Waals surface area (Å²) < 4.78 is 0. The van der Waals surface area contributed by atoms with E-state index >= 15 is 0 Å². The van der Waals surface area contributed by atoms with Crippen molar-refractivity contribution in [1.82, 2.24) is 20.1 Å². The van der Waals surface area contributed by atoms with Crippen LogP contribution in [0, 0.1) is 13.8 Å². The first-order chi connectivity index (χ1) is 8.93. The molecule has 1 aromatic heterocycles. The molecule has 0 aliphatic carbocycles. The van der Waals surface area contributed by atoms with Crippen molar-refractivity contribution in [2.75, 3.05) is 18.4 Å². The Morgan fingerprint density at radius 1 is 1.26 bits per heavy atom. The third-order valence-corrected chi connectivity index (χ3v) is 2.42. The molecule has 0 atom stereocenters. The van der Waals surface area contributed by atoms with Crippen LogP contribution in [0.15, 0.2) is 0 Å². The van der Waals surface area contributed by atoms with Crippen LogP contribution in [0.25, 0.3) is 0 Å². The second-order valence-corrected chi connectivity index (χ2v) is 4.05. The average molecular weight is 267 g/mol. The molecule has 2 N–H and O–H groups in total. The van der Waals surface area contributed by atoms with Gasteiger partial charge in [-0.05, 0) is 20.3 Å². The fourth-order valence-corrected chi connectivity index (χ4v) is 1.37. The molecule has 0 aromatic carbocycles. The molecule has 8 nitrogen and oxygen atoms in total. The zero-order chi connectivity index (χ0) is 14.4. The van der Waals surface area contributed by atoms with Crippen molar-refractivity contribution < 1.29 is 14.7 Å². The molecule has 1 aromatic rings. The van der Waals surface area contributed by atoms with E-state index in [9.17, 15) is 9.59 Å². The Morgan fingerprint density at radius 2 is 1.95 bits per heavy atom. The van der Waals surface area contributed by atoms with Gasteiger partial charge in [-0.3, -0.25) is 10.1 Å². The van der Waals surface area contributed by atoms with Gasteiger partial charge in [0.2, 0.25) is 0 Å². The second kappa shape index (κ2) is 6.62. The zero-order valence-corrected chi connectivity index (χ0v) is 11.2. The summed E-state index contributed by atoms with van der Waals surface area (Å²) in [6.45, 7) is 5.35. The van der Waals surface area contributed by atoms with Crippen LogP contribution in [0.5, 0.6) is 0 Å². The first-order valence-electron chi connectivity index (χ1n) is 5.89. The van der Waals surface area contributed by atoms with Gasteiger partial charge < -0.3 is 10.0 Å². The van der Waals surface area contributed by atoms with E-state index in [4.69, 9.17) is 5.11 Å². The summed E-state index contributed by atoms with van der Waals surface area (Å²) in [5, 5.41) is 18.7. The van der Waals surface area contributed by atoms with E-state index in [1.807, 2.05) is 6.92 Å². The van der Waals surface area contributed by atoms with Gasteiger partial charge in [0.25, 0.3) is 5.95 Å². The van der Waals surface area contributed by atoms with Crippen molar-refractivity contribution in [3.05, 3.63) is 11.4 Å². The number of aromatic nitrogens is 3. The summed E-state index contributed by atoms with van der Waals surface area (Å²) in [6.07, 6.45) is 0.659. The number of carbonyl (C=O) groups is 2. The summed E-state index contributed by atoms with van der Waals surface area (Å²) >= 11 is 0. The van der Waals surface area contributed by atoms with E-state index in [-0.39, 0.29) is 12.5 Å². The third-order valence-electron chi connectivity index (χ3n) is 2.42. The van der Waals surface area contributed by atoms with Crippen molar-refractivity contribution in [2.45, 2.75) is 27.2 Å². The van der Waals surface area contributed by atoms with Gasteiger partial charge in [-0.25, -0.2) is 9.78 Å². The van der Waals surface area contributed by atoms with Crippen molar-refractivity contribution in [1.29, 1.82) is 0 Å². The Bertz CT molecular complexity index is 477. The summed E-state index contributed by atoms with van der Waals surface area (Å²) in [7, 11) is 0. The van der Waals surface area contributed by atoms with E-state index in [1.54, 1.807) is 13.8 Å². The van der Waals surface area contributed by atoms with Crippen molar-refractivity contribution >= 4 is 17.9 Å². The lowest BCUT2D eigenvalue weighted by atomic mass is 10.4. The molecule has 8 heteroatoms. The predicted molar refractivity (Wildman–Crippen MR) is 67.8 cm³/mol.